The normalized spacial score (nSPS) is 10.3. The maximum atomic E-state index is 11.4. The number of hydrogen-bond acceptors (Lipinski definition) is 5. The predicted octanol–water partition coefficient (Wildman–Crippen LogP) is 3.35. The molecule has 116 valence electrons. The van der Waals surface area contributed by atoms with Gasteiger partial charge in [-0.05, 0) is 36.5 Å². The number of rotatable bonds is 7. The first-order chi connectivity index (χ1) is 10.0. The summed E-state index contributed by atoms with van der Waals surface area (Å²) in [5.74, 6) is 0.655. The Morgan fingerprint density at radius 3 is 2.38 bits per heavy atom. The highest BCUT2D eigenvalue weighted by molar-refractivity contribution is 5.69. The summed E-state index contributed by atoms with van der Waals surface area (Å²) in [5.41, 5.74) is 0.973. The lowest BCUT2D eigenvalue weighted by atomic mass is 10.1. The lowest BCUT2D eigenvalue weighted by Crippen LogP contribution is -2.12. The highest BCUT2D eigenvalue weighted by Crippen LogP contribution is 2.14. The highest BCUT2D eigenvalue weighted by atomic mass is 16.7. The van der Waals surface area contributed by atoms with Gasteiger partial charge in [-0.1, -0.05) is 26.0 Å². The van der Waals surface area contributed by atoms with E-state index < -0.39 is 6.16 Å². The molecular formula is C16H22O5. The molecule has 0 aliphatic rings. The van der Waals surface area contributed by atoms with Crippen LogP contribution in [0.15, 0.2) is 24.3 Å². The smallest absolute Gasteiger partial charge is 0.469 e. The first kappa shape index (κ1) is 17.0. The van der Waals surface area contributed by atoms with Crippen molar-refractivity contribution in [2.45, 2.75) is 33.1 Å². The molecule has 0 atom stereocenters. The van der Waals surface area contributed by atoms with Crippen molar-refractivity contribution in [2.24, 2.45) is 5.92 Å². The van der Waals surface area contributed by atoms with Crippen molar-refractivity contribution >= 4 is 12.1 Å². The van der Waals surface area contributed by atoms with E-state index in [2.05, 4.69) is 18.6 Å². The molecule has 0 saturated carbocycles. The third kappa shape index (κ3) is 7.34. The molecule has 1 aromatic rings. The Hall–Kier alpha value is -2.04. The van der Waals surface area contributed by atoms with Crippen LogP contribution in [0.5, 0.6) is 5.75 Å². The van der Waals surface area contributed by atoms with Crippen molar-refractivity contribution in [2.75, 3.05) is 13.7 Å². The van der Waals surface area contributed by atoms with Gasteiger partial charge in [0.25, 0.3) is 0 Å². The van der Waals surface area contributed by atoms with Gasteiger partial charge in [0.1, 0.15) is 5.75 Å². The maximum absolute atomic E-state index is 11.4. The molecule has 0 aliphatic heterocycles. The van der Waals surface area contributed by atoms with E-state index in [-0.39, 0.29) is 5.97 Å². The van der Waals surface area contributed by atoms with Crippen LogP contribution < -0.4 is 4.74 Å². The lowest BCUT2D eigenvalue weighted by molar-refractivity contribution is -0.140. The molecule has 0 saturated heterocycles. The van der Waals surface area contributed by atoms with Crippen LogP contribution in [0.3, 0.4) is 0 Å². The quantitative estimate of drug-likeness (QED) is 0.570. The minimum atomic E-state index is -0.696. The number of aryl methyl sites for hydroxylation is 1. The summed E-state index contributed by atoms with van der Waals surface area (Å²) in [4.78, 5) is 22.5. The fourth-order valence-electron chi connectivity index (χ4n) is 1.58. The number of ether oxygens (including phenoxy) is 3. The molecule has 0 spiro atoms. The van der Waals surface area contributed by atoms with Crippen LogP contribution in [0.1, 0.15) is 32.3 Å². The van der Waals surface area contributed by atoms with E-state index in [1.54, 1.807) is 24.3 Å². The Labute approximate surface area is 125 Å². The number of benzene rings is 1. The molecule has 0 aliphatic carbocycles. The Morgan fingerprint density at radius 2 is 1.81 bits per heavy atom. The number of esters is 1. The molecule has 5 nitrogen and oxygen atoms in total. The largest absolute Gasteiger partial charge is 0.513 e. The molecule has 0 radical (unpaired) electrons. The summed E-state index contributed by atoms with van der Waals surface area (Å²) in [6.45, 7) is 4.47. The number of methoxy groups -OCH3 is 1. The zero-order valence-corrected chi connectivity index (χ0v) is 12.8. The molecule has 0 unspecified atom stereocenters. The lowest BCUT2D eigenvalue weighted by Gasteiger charge is -2.08. The summed E-state index contributed by atoms with van der Waals surface area (Å²) < 4.78 is 14.6. The van der Waals surface area contributed by atoms with E-state index in [4.69, 9.17) is 9.47 Å². The van der Waals surface area contributed by atoms with Gasteiger partial charge in [0.15, 0.2) is 0 Å². The molecule has 0 amide bonds. The third-order valence-electron chi connectivity index (χ3n) is 2.89. The minimum absolute atomic E-state index is 0.246. The van der Waals surface area contributed by atoms with Crippen molar-refractivity contribution in [1.82, 2.24) is 0 Å². The van der Waals surface area contributed by atoms with Gasteiger partial charge in [-0.3, -0.25) is 4.79 Å². The van der Waals surface area contributed by atoms with Crippen LogP contribution >= 0.6 is 0 Å². The van der Waals surface area contributed by atoms with Crippen LogP contribution in [0, 0.1) is 5.92 Å². The van der Waals surface area contributed by atoms with Crippen molar-refractivity contribution in [1.29, 1.82) is 0 Å². The fourth-order valence-corrected chi connectivity index (χ4v) is 1.58. The van der Waals surface area contributed by atoms with Gasteiger partial charge in [0, 0.05) is 6.42 Å². The van der Waals surface area contributed by atoms with Gasteiger partial charge in [-0.25, -0.2) is 4.79 Å². The summed E-state index contributed by atoms with van der Waals surface area (Å²) in [6, 6.07) is 6.96. The van der Waals surface area contributed by atoms with E-state index in [1.807, 2.05) is 0 Å². The molecule has 0 heterocycles. The fraction of sp³-hybridized carbons (Fsp3) is 0.500. The molecule has 1 rings (SSSR count). The second kappa shape index (κ2) is 9.00. The van der Waals surface area contributed by atoms with Gasteiger partial charge < -0.3 is 14.2 Å². The Kier molecular flexibility index (Phi) is 7.29. The number of hydrogen-bond donors (Lipinski definition) is 0. The van der Waals surface area contributed by atoms with Crippen LogP contribution in [0.25, 0.3) is 0 Å². The molecule has 1 aromatic carbocycles. The van der Waals surface area contributed by atoms with Crippen LogP contribution in [0.2, 0.25) is 0 Å². The first-order valence-corrected chi connectivity index (χ1v) is 7.01. The van der Waals surface area contributed by atoms with E-state index in [1.165, 1.54) is 7.11 Å². The first-order valence-electron chi connectivity index (χ1n) is 7.01. The Morgan fingerprint density at radius 1 is 1.14 bits per heavy atom. The van der Waals surface area contributed by atoms with Crippen molar-refractivity contribution < 1.29 is 23.8 Å². The van der Waals surface area contributed by atoms with Gasteiger partial charge in [-0.2, -0.15) is 0 Å². The van der Waals surface area contributed by atoms with Gasteiger partial charge >= 0.3 is 12.1 Å². The van der Waals surface area contributed by atoms with Crippen molar-refractivity contribution in [3.8, 4) is 5.75 Å². The zero-order chi connectivity index (χ0) is 15.7. The van der Waals surface area contributed by atoms with Crippen LogP contribution in [-0.4, -0.2) is 25.8 Å². The highest BCUT2D eigenvalue weighted by Gasteiger charge is 2.07. The summed E-state index contributed by atoms with van der Waals surface area (Å²) in [5, 5.41) is 0. The monoisotopic (exact) mass is 294 g/mol. The third-order valence-corrected chi connectivity index (χ3v) is 2.89. The average Bonchev–Trinajstić information content (AvgIpc) is 2.45. The van der Waals surface area contributed by atoms with Crippen molar-refractivity contribution in [3.05, 3.63) is 29.8 Å². The van der Waals surface area contributed by atoms with E-state index >= 15 is 0 Å². The van der Waals surface area contributed by atoms with Gasteiger partial charge in [0.2, 0.25) is 0 Å². The summed E-state index contributed by atoms with van der Waals surface area (Å²) >= 11 is 0. The van der Waals surface area contributed by atoms with E-state index in [0.29, 0.717) is 31.1 Å². The van der Waals surface area contributed by atoms with Crippen molar-refractivity contribution in [3.63, 3.8) is 0 Å². The number of carbonyl (C=O) groups is 2. The molecule has 0 aromatic heterocycles. The molecule has 5 heteroatoms. The molecule has 0 fully saturated rings. The molecule has 0 N–H and O–H groups in total. The summed E-state index contributed by atoms with van der Waals surface area (Å²) in [6.07, 6.45) is 1.03. The maximum Gasteiger partial charge on any atom is 0.513 e. The average molecular weight is 294 g/mol. The topological polar surface area (TPSA) is 61.8 Å². The van der Waals surface area contributed by atoms with Crippen LogP contribution in [0.4, 0.5) is 4.79 Å². The standard InChI is InChI=1S/C16H22O5/c1-12(2)10-11-20-16(18)21-14-7-4-13(5-8-14)6-9-15(17)19-3/h4-5,7-8,12H,6,9-11H2,1-3H3. The van der Waals surface area contributed by atoms with Gasteiger partial charge in [-0.15, -0.1) is 0 Å². The molecule has 0 bridgehead atoms. The Bertz CT molecular complexity index is 450. The number of carbonyl (C=O) groups excluding carboxylic acids is 2. The van der Waals surface area contributed by atoms with E-state index in [9.17, 15) is 9.59 Å². The Balaban J connectivity index is 2.36. The summed E-state index contributed by atoms with van der Waals surface area (Å²) in [7, 11) is 1.37. The SMILES string of the molecule is COC(=O)CCc1ccc(OC(=O)OCCC(C)C)cc1. The van der Waals surface area contributed by atoms with Gasteiger partial charge in [0.05, 0.1) is 13.7 Å². The molecule has 21 heavy (non-hydrogen) atoms. The minimum Gasteiger partial charge on any atom is -0.469 e. The zero-order valence-electron chi connectivity index (χ0n) is 12.8. The predicted molar refractivity (Wildman–Crippen MR) is 78.2 cm³/mol. The van der Waals surface area contributed by atoms with E-state index in [0.717, 1.165) is 12.0 Å². The molecular weight excluding hydrogens is 272 g/mol. The van der Waals surface area contributed by atoms with Crippen LogP contribution in [-0.2, 0) is 20.7 Å². The second-order valence-corrected chi connectivity index (χ2v) is 5.10. The second-order valence-electron chi connectivity index (χ2n) is 5.10.